The molecular formula is C31H36N2O3. The van der Waals surface area contributed by atoms with Crippen LogP contribution in [0.5, 0.6) is 5.75 Å². The van der Waals surface area contributed by atoms with Gasteiger partial charge >= 0.3 is 0 Å². The summed E-state index contributed by atoms with van der Waals surface area (Å²) in [7, 11) is 0. The Balaban J connectivity index is 1.79. The summed E-state index contributed by atoms with van der Waals surface area (Å²) >= 11 is 0. The summed E-state index contributed by atoms with van der Waals surface area (Å²) in [6.07, 6.45) is 7.02. The Bertz CT molecular complexity index is 1280. The first-order chi connectivity index (χ1) is 17.4. The minimum absolute atomic E-state index is 0.0557. The van der Waals surface area contributed by atoms with Crippen LogP contribution in [0, 0.1) is 11.8 Å². The molecule has 1 N–H and O–H groups in total. The molecule has 188 valence electrons. The Morgan fingerprint density at radius 3 is 2.11 bits per heavy atom. The van der Waals surface area contributed by atoms with Crippen molar-refractivity contribution in [2.75, 3.05) is 5.01 Å². The normalized spacial score (nSPS) is 19.6. The first-order valence-corrected chi connectivity index (χ1v) is 13.3. The monoisotopic (exact) mass is 484 g/mol. The van der Waals surface area contributed by atoms with Gasteiger partial charge in [-0.1, -0.05) is 82.1 Å². The number of rotatable bonds is 6. The van der Waals surface area contributed by atoms with Gasteiger partial charge in [0.2, 0.25) is 5.43 Å². The van der Waals surface area contributed by atoms with Gasteiger partial charge < -0.3 is 5.11 Å². The average Bonchev–Trinajstić information content (AvgIpc) is 3.03. The molecule has 2 atom stereocenters. The zero-order chi connectivity index (χ0) is 25.4. The molecular weight excluding hydrogens is 448 g/mol. The molecule has 0 bridgehead atoms. The highest BCUT2D eigenvalue weighted by molar-refractivity contribution is 6.00. The highest BCUT2D eigenvalue weighted by atomic mass is 16.3. The number of hydrogen-bond donors (Lipinski definition) is 1. The molecule has 5 heteroatoms. The third-order valence-corrected chi connectivity index (χ3v) is 7.94. The quantitative estimate of drug-likeness (QED) is 0.481. The summed E-state index contributed by atoms with van der Waals surface area (Å²) in [5.74, 6) is -0.382. The van der Waals surface area contributed by atoms with E-state index in [0.717, 1.165) is 38.5 Å². The molecule has 0 amide bonds. The van der Waals surface area contributed by atoms with Crippen LogP contribution in [0.2, 0.25) is 0 Å². The van der Waals surface area contributed by atoms with Crippen molar-refractivity contribution in [3.63, 3.8) is 0 Å². The van der Waals surface area contributed by atoms with E-state index < -0.39 is 11.2 Å². The Morgan fingerprint density at radius 2 is 1.53 bits per heavy atom. The number of benzene rings is 2. The van der Waals surface area contributed by atoms with Crippen molar-refractivity contribution < 1.29 is 9.90 Å². The largest absolute Gasteiger partial charge is 0.503 e. The molecule has 0 saturated heterocycles. The standard InChI is InChI=1S/C31H36N2O3/c1-4-9-26-25(17-14-20(2)3)30(35)29-31(36)27(34)18-19-32(29)33(26)28-23-12-7-5-10-21(23)15-16-22-11-6-8-13-24(22)28/h5-8,10-13,18-20,25-26,28,36H,4,9,14-17H2,1-3H3. The first-order valence-electron chi connectivity index (χ1n) is 13.3. The van der Waals surface area contributed by atoms with Crippen LogP contribution in [0.3, 0.4) is 0 Å². The molecule has 1 aliphatic heterocycles. The molecule has 0 radical (unpaired) electrons. The predicted molar refractivity (Wildman–Crippen MR) is 143 cm³/mol. The number of aromatic nitrogens is 1. The van der Waals surface area contributed by atoms with Crippen molar-refractivity contribution in [2.45, 2.75) is 71.4 Å². The van der Waals surface area contributed by atoms with Gasteiger partial charge in [-0.25, -0.2) is 0 Å². The average molecular weight is 485 g/mol. The zero-order valence-corrected chi connectivity index (χ0v) is 21.5. The van der Waals surface area contributed by atoms with E-state index in [1.165, 1.54) is 28.3 Å². The Hall–Kier alpha value is -3.34. The topological polar surface area (TPSA) is 62.5 Å². The number of ketones is 1. The molecule has 3 aromatic rings. The summed E-state index contributed by atoms with van der Waals surface area (Å²) in [4.78, 5) is 26.4. The van der Waals surface area contributed by atoms with E-state index in [4.69, 9.17) is 0 Å². The fourth-order valence-electron chi connectivity index (χ4n) is 6.19. The molecule has 2 aromatic carbocycles. The molecule has 2 aliphatic rings. The number of carbonyl (C=O) groups excluding carboxylic acids is 1. The van der Waals surface area contributed by atoms with Gasteiger partial charge in [-0.2, -0.15) is 0 Å². The van der Waals surface area contributed by atoms with Crippen LogP contribution in [-0.2, 0) is 12.8 Å². The Kier molecular flexibility index (Phi) is 6.74. The van der Waals surface area contributed by atoms with Crippen molar-refractivity contribution in [2.24, 2.45) is 11.8 Å². The number of carbonyl (C=O) groups is 1. The lowest BCUT2D eigenvalue weighted by Crippen LogP contribution is -2.57. The van der Waals surface area contributed by atoms with Crippen molar-refractivity contribution in [3.05, 3.63) is 99.0 Å². The first kappa shape index (κ1) is 24.4. The van der Waals surface area contributed by atoms with Crippen LogP contribution in [0.25, 0.3) is 0 Å². The van der Waals surface area contributed by atoms with Crippen molar-refractivity contribution in [1.29, 1.82) is 0 Å². The second-order valence-electron chi connectivity index (χ2n) is 10.7. The molecule has 1 aliphatic carbocycles. The summed E-state index contributed by atoms with van der Waals surface area (Å²) in [6, 6.07) is 18.4. The molecule has 5 rings (SSSR count). The van der Waals surface area contributed by atoms with E-state index in [1.807, 2.05) is 0 Å². The van der Waals surface area contributed by atoms with Gasteiger partial charge in [0.05, 0.1) is 12.1 Å². The minimum Gasteiger partial charge on any atom is -0.503 e. The summed E-state index contributed by atoms with van der Waals surface area (Å²) in [6.45, 7) is 6.51. The third-order valence-electron chi connectivity index (χ3n) is 7.94. The molecule has 0 saturated carbocycles. The number of aromatic hydroxyl groups is 1. The van der Waals surface area contributed by atoms with Crippen LogP contribution in [0.15, 0.2) is 65.6 Å². The number of hydrogen-bond acceptors (Lipinski definition) is 4. The zero-order valence-electron chi connectivity index (χ0n) is 21.5. The molecule has 36 heavy (non-hydrogen) atoms. The highest BCUT2D eigenvalue weighted by Crippen LogP contribution is 2.42. The Morgan fingerprint density at radius 1 is 0.917 bits per heavy atom. The van der Waals surface area contributed by atoms with Crippen LogP contribution in [-0.4, -0.2) is 21.6 Å². The lowest BCUT2D eigenvalue weighted by molar-refractivity contribution is 0.0813. The number of fused-ring (bicyclic) bond motifs is 3. The van der Waals surface area contributed by atoms with Gasteiger partial charge in [-0.15, -0.1) is 0 Å². The molecule has 0 spiro atoms. The second-order valence-corrected chi connectivity index (χ2v) is 10.7. The van der Waals surface area contributed by atoms with E-state index >= 15 is 0 Å². The summed E-state index contributed by atoms with van der Waals surface area (Å²) in [5.41, 5.74) is 4.68. The van der Waals surface area contributed by atoms with E-state index in [9.17, 15) is 14.7 Å². The van der Waals surface area contributed by atoms with E-state index in [1.54, 1.807) is 10.9 Å². The van der Waals surface area contributed by atoms with Crippen LogP contribution in [0.1, 0.15) is 85.2 Å². The third kappa shape index (κ3) is 4.15. The van der Waals surface area contributed by atoms with E-state index in [0.29, 0.717) is 5.92 Å². The second kappa shape index (κ2) is 9.96. The van der Waals surface area contributed by atoms with Crippen molar-refractivity contribution in [3.8, 4) is 5.75 Å². The van der Waals surface area contributed by atoms with Crippen molar-refractivity contribution in [1.82, 2.24) is 4.68 Å². The van der Waals surface area contributed by atoms with E-state index in [2.05, 4.69) is 74.3 Å². The summed E-state index contributed by atoms with van der Waals surface area (Å²) in [5, 5.41) is 13.2. The SMILES string of the molecule is CCCC1C(CCC(C)C)C(=O)c2c(O)c(=O)ccn2N1C1c2ccccc2CCc2ccccc21. The van der Waals surface area contributed by atoms with Gasteiger partial charge in [0.15, 0.2) is 17.2 Å². The van der Waals surface area contributed by atoms with Gasteiger partial charge in [0.25, 0.3) is 0 Å². The van der Waals surface area contributed by atoms with Gasteiger partial charge in [0.1, 0.15) is 0 Å². The van der Waals surface area contributed by atoms with Crippen LogP contribution in [0.4, 0.5) is 0 Å². The van der Waals surface area contributed by atoms with Crippen molar-refractivity contribution >= 4 is 5.78 Å². The lowest BCUT2D eigenvalue weighted by atomic mass is 9.80. The summed E-state index contributed by atoms with van der Waals surface area (Å²) < 4.78 is 1.80. The van der Waals surface area contributed by atoms with E-state index in [-0.39, 0.29) is 29.5 Å². The molecule has 0 fully saturated rings. The molecule has 5 nitrogen and oxygen atoms in total. The van der Waals surface area contributed by atoms with Gasteiger partial charge in [0, 0.05) is 18.2 Å². The maximum Gasteiger partial charge on any atom is 0.224 e. The lowest BCUT2D eigenvalue weighted by Gasteiger charge is -2.49. The molecule has 2 heterocycles. The fraction of sp³-hybridized carbons (Fsp3) is 0.419. The Labute approximate surface area is 213 Å². The van der Waals surface area contributed by atoms with Gasteiger partial charge in [-0.05, 0) is 53.9 Å². The number of nitrogens with zero attached hydrogens (tertiary/aromatic N) is 2. The fourth-order valence-corrected chi connectivity index (χ4v) is 6.19. The maximum atomic E-state index is 13.9. The minimum atomic E-state index is -0.507. The number of Topliss-reactive ketones (excluding diaryl/α,β-unsaturated/α-hetero) is 1. The predicted octanol–water partition coefficient (Wildman–Crippen LogP) is 5.80. The number of pyridine rings is 1. The highest BCUT2D eigenvalue weighted by Gasteiger charge is 2.45. The maximum absolute atomic E-state index is 13.9. The molecule has 2 unspecified atom stereocenters. The van der Waals surface area contributed by atoms with Crippen LogP contribution < -0.4 is 10.4 Å². The molecule has 1 aromatic heterocycles. The number of aryl methyl sites for hydroxylation is 2. The van der Waals surface area contributed by atoms with Gasteiger partial charge in [-0.3, -0.25) is 19.3 Å². The smallest absolute Gasteiger partial charge is 0.224 e. The van der Waals surface area contributed by atoms with Crippen LogP contribution >= 0.6 is 0 Å².